The Morgan fingerprint density at radius 3 is 2.36 bits per heavy atom. The quantitative estimate of drug-likeness (QED) is 0.777. The van der Waals surface area contributed by atoms with Crippen molar-refractivity contribution >= 4 is 5.57 Å². The zero-order valence-electron chi connectivity index (χ0n) is 9.30. The molecule has 0 saturated heterocycles. The second-order valence-electron chi connectivity index (χ2n) is 3.82. The molecule has 0 unspecified atom stereocenters. The number of allylic oxidation sites excluding steroid dienone is 2. The van der Waals surface area contributed by atoms with Crippen molar-refractivity contribution in [3.63, 3.8) is 0 Å². The highest BCUT2D eigenvalue weighted by Gasteiger charge is 2.03. The summed E-state index contributed by atoms with van der Waals surface area (Å²) in [7, 11) is 0. The van der Waals surface area contributed by atoms with E-state index in [-0.39, 0.29) is 0 Å². The molecular weight excluding hydrogens is 170 g/mol. The minimum atomic E-state index is 0.715. The molecule has 1 aromatic carbocycles. The topological polar surface area (TPSA) is 26.0 Å². The summed E-state index contributed by atoms with van der Waals surface area (Å²) in [5.74, 6) is 0. The van der Waals surface area contributed by atoms with Crippen LogP contribution in [0.15, 0.2) is 29.8 Å². The zero-order chi connectivity index (χ0) is 10.6. The Hall–Kier alpha value is -1.08. The normalized spacial score (nSPS) is 10.0. The Morgan fingerprint density at radius 2 is 1.79 bits per heavy atom. The summed E-state index contributed by atoms with van der Waals surface area (Å²) in [6.07, 6.45) is 0.959. The van der Waals surface area contributed by atoms with Crippen LogP contribution in [-0.4, -0.2) is 6.54 Å². The van der Waals surface area contributed by atoms with Crippen molar-refractivity contribution in [1.82, 2.24) is 0 Å². The van der Waals surface area contributed by atoms with Crippen LogP contribution in [0.2, 0.25) is 0 Å². The summed E-state index contributed by atoms with van der Waals surface area (Å²) < 4.78 is 0. The van der Waals surface area contributed by atoms with Gasteiger partial charge in [-0.15, -0.1) is 0 Å². The standard InChI is InChI=1S/C13H19N/c1-10(2)11(3)13-7-5-4-6-12(13)8-9-14/h4-7H,8-9,14H2,1-3H3. The first-order valence-electron chi connectivity index (χ1n) is 5.09. The molecule has 0 heterocycles. The van der Waals surface area contributed by atoms with E-state index in [0.29, 0.717) is 6.54 Å². The Labute approximate surface area is 86.6 Å². The lowest BCUT2D eigenvalue weighted by molar-refractivity contribution is 0.964. The number of hydrogen-bond donors (Lipinski definition) is 1. The lowest BCUT2D eigenvalue weighted by atomic mass is 9.96. The maximum atomic E-state index is 5.59. The van der Waals surface area contributed by atoms with E-state index < -0.39 is 0 Å². The Morgan fingerprint density at radius 1 is 1.14 bits per heavy atom. The molecule has 0 atom stereocenters. The van der Waals surface area contributed by atoms with Crippen LogP contribution in [-0.2, 0) is 6.42 Å². The molecule has 0 bridgehead atoms. The number of benzene rings is 1. The summed E-state index contributed by atoms with van der Waals surface area (Å²) in [5, 5.41) is 0. The Kier molecular flexibility index (Phi) is 3.90. The number of hydrogen-bond acceptors (Lipinski definition) is 1. The van der Waals surface area contributed by atoms with Crippen LogP contribution < -0.4 is 5.73 Å². The molecule has 1 aromatic rings. The molecule has 1 heteroatoms. The van der Waals surface area contributed by atoms with Crippen LogP contribution in [0.5, 0.6) is 0 Å². The van der Waals surface area contributed by atoms with E-state index in [4.69, 9.17) is 5.73 Å². The van der Waals surface area contributed by atoms with E-state index in [1.165, 1.54) is 22.3 Å². The summed E-state index contributed by atoms with van der Waals surface area (Å²) >= 11 is 0. The Bertz CT molecular complexity index is 333. The van der Waals surface area contributed by atoms with Gasteiger partial charge in [0.2, 0.25) is 0 Å². The zero-order valence-corrected chi connectivity index (χ0v) is 9.30. The maximum Gasteiger partial charge on any atom is -0.00365 e. The highest BCUT2D eigenvalue weighted by Crippen LogP contribution is 2.21. The minimum Gasteiger partial charge on any atom is -0.330 e. The molecule has 0 saturated carbocycles. The fourth-order valence-electron chi connectivity index (χ4n) is 1.53. The van der Waals surface area contributed by atoms with Gasteiger partial charge in [-0.25, -0.2) is 0 Å². The van der Waals surface area contributed by atoms with Gasteiger partial charge in [0.1, 0.15) is 0 Å². The van der Waals surface area contributed by atoms with E-state index in [0.717, 1.165) is 6.42 Å². The van der Waals surface area contributed by atoms with Gasteiger partial charge in [0, 0.05) is 0 Å². The van der Waals surface area contributed by atoms with E-state index in [2.05, 4.69) is 45.0 Å². The van der Waals surface area contributed by atoms with Gasteiger partial charge in [0.05, 0.1) is 0 Å². The van der Waals surface area contributed by atoms with Crippen LogP contribution in [0, 0.1) is 0 Å². The monoisotopic (exact) mass is 189 g/mol. The van der Waals surface area contributed by atoms with Gasteiger partial charge in [0.15, 0.2) is 0 Å². The molecule has 0 aliphatic heterocycles. The summed E-state index contributed by atoms with van der Waals surface area (Å²) in [4.78, 5) is 0. The summed E-state index contributed by atoms with van der Waals surface area (Å²) in [6.45, 7) is 7.18. The van der Waals surface area contributed by atoms with Gasteiger partial charge in [-0.05, 0) is 50.4 Å². The largest absolute Gasteiger partial charge is 0.330 e. The van der Waals surface area contributed by atoms with E-state index >= 15 is 0 Å². The van der Waals surface area contributed by atoms with Crippen LogP contribution in [0.1, 0.15) is 31.9 Å². The molecule has 1 rings (SSSR count). The maximum absolute atomic E-state index is 5.59. The lowest BCUT2D eigenvalue weighted by Gasteiger charge is -2.10. The highest BCUT2D eigenvalue weighted by molar-refractivity contribution is 5.68. The van der Waals surface area contributed by atoms with Gasteiger partial charge in [-0.3, -0.25) is 0 Å². The first-order chi connectivity index (χ1) is 6.66. The lowest BCUT2D eigenvalue weighted by Crippen LogP contribution is -2.04. The third kappa shape index (κ3) is 2.46. The minimum absolute atomic E-state index is 0.715. The molecule has 0 aliphatic rings. The molecule has 0 spiro atoms. The van der Waals surface area contributed by atoms with E-state index in [1.54, 1.807) is 0 Å². The van der Waals surface area contributed by atoms with Crippen molar-refractivity contribution < 1.29 is 0 Å². The third-order valence-electron chi connectivity index (χ3n) is 2.59. The average Bonchev–Trinajstić information content (AvgIpc) is 2.18. The van der Waals surface area contributed by atoms with Crippen LogP contribution in [0.4, 0.5) is 0 Å². The van der Waals surface area contributed by atoms with Crippen molar-refractivity contribution in [2.24, 2.45) is 5.73 Å². The van der Waals surface area contributed by atoms with Crippen LogP contribution in [0.25, 0.3) is 5.57 Å². The molecule has 14 heavy (non-hydrogen) atoms. The SMILES string of the molecule is CC(C)=C(C)c1ccccc1CCN. The smallest absolute Gasteiger partial charge is 0.00365 e. The molecule has 76 valence electrons. The Balaban J connectivity index is 3.13. The van der Waals surface area contributed by atoms with Gasteiger partial charge in [-0.1, -0.05) is 29.8 Å². The third-order valence-corrected chi connectivity index (χ3v) is 2.59. The molecule has 0 aliphatic carbocycles. The van der Waals surface area contributed by atoms with E-state index in [9.17, 15) is 0 Å². The molecule has 0 aromatic heterocycles. The highest BCUT2D eigenvalue weighted by atomic mass is 14.5. The van der Waals surface area contributed by atoms with Crippen LogP contribution >= 0.6 is 0 Å². The van der Waals surface area contributed by atoms with Crippen molar-refractivity contribution in [3.05, 3.63) is 41.0 Å². The van der Waals surface area contributed by atoms with Gasteiger partial charge in [0.25, 0.3) is 0 Å². The predicted molar refractivity (Wildman–Crippen MR) is 63.1 cm³/mol. The van der Waals surface area contributed by atoms with Gasteiger partial charge in [-0.2, -0.15) is 0 Å². The molecule has 2 N–H and O–H groups in total. The first-order valence-corrected chi connectivity index (χ1v) is 5.09. The fourth-order valence-corrected chi connectivity index (χ4v) is 1.53. The fraction of sp³-hybridized carbons (Fsp3) is 0.385. The molecule has 0 fully saturated rings. The van der Waals surface area contributed by atoms with Crippen molar-refractivity contribution in [3.8, 4) is 0 Å². The number of nitrogens with two attached hydrogens (primary N) is 1. The second kappa shape index (κ2) is 4.97. The second-order valence-corrected chi connectivity index (χ2v) is 3.82. The van der Waals surface area contributed by atoms with Crippen LogP contribution in [0.3, 0.4) is 0 Å². The molecule has 0 radical (unpaired) electrons. The van der Waals surface area contributed by atoms with Gasteiger partial charge < -0.3 is 5.73 Å². The van der Waals surface area contributed by atoms with Crippen molar-refractivity contribution in [1.29, 1.82) is 0 Å². The van der Waals surface area contributed by atoms with E-state index in [1.807, 2.05) is 0 Å². The van der Waals surface area contributed by atoms with Crippen molar-refractivity contribution in [2.45, 2.75) is 27.2 Å². The summed E-state index contributed by atoms with van der Waals surface area (Å²) in [6, 6.07) is 8.50. The van der Waals surface area contributed by atoms with Gasteiger partial charge >= 0.3 is 0 Å². The average molecular weight is 189 g/mol. The summed E-state index contributed by atoms with van der Waals surface area (Å²) in [5.41, 5.74) is 11.0. The van der Waals surface area contributed by atoms with Crippen molar-refractivity contribution in [2.75, 3.05) is 6.54 Å². The molecule has 0 amide bonds. The molecule has 1 nitrogen and oxygen atoms in total. The molecular formula is C13H19N. The first kappa shape index (κ1) is 11.0. The predicted octanol–water partition coefficient (Wildman–Crippen LogP) is 3.00. The number of rotatable bonds is 3.